The highest BCUT2D eigenvalue weighted by molar-refractivity contribution is 6.44. The fraction of sp³-hybridized carbons (Fsp3) is 0. The Kier molecular flexibility index (Phi) is 4.66. The minimum Gasteiger partial charge on any atom is -0.399 e. The van der Waals surface area contributed by atoms with Gasteiger partial charge in [0.1, 0.15) is 0 Å². The number of nitrogens with one attached hydrogen (secondary N) is 1. The van der Waals surface area contributed by atoms with Crippen molar-refractivity contribution in [1.29, 1.82) is 0 Å². The first-order valence-electron chi connectivity index (χ1n) is 5.39. The van der Waals surface area contributed by atoms with Crippen LogP contribution in [-0.4, -0.2) is 5.91 Å². The van der Waals surface area contributed by atoms with Gasteiger partial charge in [0.2, 0.25) is 0 Å². The summed E-state index contributed by atoms with van der Waals surface area (Å²) in [7, 11) is 0. The predicted octanol–water partition coefficient (Wildman–Crippen LogP) is 5.13. The number of anilines is 2. The minimum atomic E-state index is -0.421. The zero-order valence-electron chi connectivity index (χ0n) is 9.88. The van der Waals surface area contributed by atoms with Gasteiger partial charge in [-0.1, -0.05) is 46.4 Å². The van der Waals surface area contributed by atoms with Gasteiger partial charge in [-0.15, -0.1) is 0 Å². The summed E-state index contributed by atoms with van der Waals surface area (Å²) in [5, 5.41) is 3.73. The zero-order chi connectivity index (χ0) is 14.9. The second-order valence-electron chi connectivity index (χ2n) is 3.94. The van der Waals surface area contributed by atoms with Gasteiger partial charge in [0.15, 0.2) is 0 Å². The Hall–Kier alpha value is -1.13. The van der Waals surface area contributed by atoms with E-state index in [-0.39, 0.29) is 20.6 Å². The highest BCUT2D eigenvalue weighted by atomic mass is 35.5. The van der Waals surface area contributed by atoms with Crippen LogP contribution in [0.2, 0.25) is 20.1 Å². The van der Waals surface area contributed by atoms with Crippen LogP contribution in [0.1, 0.15) is 10.4 Å². The largest absolute Gasteiger partial charge is 0.399 e. The molecular weight excluding hydrogens is 342 g/mol. The fourth-order valence-corrected chi connectivity index (χ4v) is 2.39. The SMILES string of the molecule is Nc1ccc(C(=O)Nc2cc(Cl)c(Cl)cc2Cl)c(Cl)c1. The number of carbonyl (C=O) groups excluding carboxylic acids is 1. The molecule has 0 aliphatic heterocycles. The van der Waals surface area contributed by atoms with E-state index in [0.717, 1.165) is 0 Å². The summed E-state index contributed by atoms with van der Waals surface area (Å²) >= 11 is 23.7. The minimum absolute atomic E-state index is 0.249. The van der Waals surface area contributed by atoms with Gasteiger partial charge in [-0.05, 0) is 30.3 Å². The molecule has 0 atom stereocenters. The molecule has 0 saturated carbocycles. The lowest BCUT2D eigenvalue weighted by Crippen LogP contribution is -2.13. The van der Waals surface area contributed by atoms with E-state index in [9.17, 15) is 4.79 Å². The molecule has 1 amide bonds. The van der Waals surface area contributed by atoms with E-state index in [0.29, 0.717) is 16.4 Å². The second kappa shape index (κ2) is 6.10. The van der Waals surface area contributed by atoms with Gasteiger partial charge < -0.3 is 11.1 Å². The maximum absolute atomic E-state index is 12.1. The number of nitrogen functional groups attached to an aromatic ring is 1. The summed E-state index contributed by atoms with van der Waals surface area (Å²) in [6, 6.07) is 7.52. The molecule has 0 unspecified atom stereocenters. The quantitative estimate of drug-likeness (QED) is 0.583. The Morgan fingerprint density at radius 2 is 1.55 bits per heavy atom. The molecule has 3 N–H and O–H groups in total. The summed E-state index contributed by atoms with van der Waals surface area (Å²) in [6.45, 7) is 0. The highest BCUT2D eigenvalue weighted by Crippen LogP contribution is 2.32. The van der Waals surface area contributed by atoms with Gasteiger partial charge in [0, 0.05) is 5.69 Å². The number of benzene rings is 2. The predicted molar refractivity (Wildman–Crippen MR) is 85.3 cm³/mol. The molecule has 2 aromatic carbocycles. The van der Waals surface area contributed by atoms with Gasteiger partial charge in [-0.25, -0.2) is 0 Å². The van der Waals surface area contributed by atoms with Crippen LogP contribution in [0.15, 0.2) is 30.3 Å². The van der Waals surface area contributed by atoms with Gasteiger partial charge >= 0.3 is 0 Å². The van der Waals surface area contributed by atoms with Gasteiger partial charge in [-0.3, -0.25) is 4.79 Å². The molecule has 0 spiro atoms. The van der Waals surface area contributed by atoms with E-state index in [1.54, 1.807) is 6.07 Å². The average molecular weight is 350 g/mol. The number of hydrogen-bond acceptors (Lipinski definition) is 2. The Morgan fingerprint density at radius 1 is 0.900 bits per heavy atom. The van der Waals surface area contributed by atoms with E-state index in [4.69, 9.17) is 52.1 Å². The zero-order valence-corrected chi connectivity index (χ0v) is 12.9. The van der Waals surface area contributed by atoms with Crippen molar-refractivity contribution in [3.8, 4) is 0 Å². The van der Waals surface area contributed by atoms with Crippen LogP contribution in [0.3, 0.4) is 0 Å². The molecule has 0 bridgehead atoms. The molecule has 0 fully saturated rings. The number of amides is 1. The van der Waals surface area contributed by atoms with Crippen molar-refractivity contribution in [2.24, 2.45) is 0 Å². The summed E-state index contributed by atoms with van der Waals surface area (Å²) < 4.78 is 0. The van der Waals surface area contributed by atoms with Gasteiger partial charge in [-0.2, -0.15) is 0 Å². The van der Waals surface area contributed by atoms with Crippen molar-refractivity contribution in [3.05, 3.63) is 56.0 Å². The Balaban J connectivity index is 2.30. The van der Waals surface area contributed by atoms with E-state index >= 15 is 0 Å². The van der Waals surface area contributed by atoms with Crippen LogP contribution in [0.25, 0.3) is 0 Å². The lowest BCUT2D eigenvalue weighted by Gasteiger charge is -2.10. The summed E-state index contributed by atoms with van der Waals surface area (Å²) in [6.07, 6.45) is 0. The molecule has 3 nitrogen and oxygen atoms in total. The fourth-order valence-electron chi connectivity index (χ4n) is 1.52. The van der Waals surface area contributed by atoms with Crippen molar-refractivity contribution in [3.63, 3.8) is 0 Å². The highest BCUT2D eigenvalue weighted by Gasteiger charge is 2.13. The summed E-state index contributed by atoms with van der Waals surface area (Å²) in [5.74, 6) is -0.421. The molecule has 0 saturated heterocycles. The smallest absolute Gasteiger partial charge is 0.257 e. The molecular formula is C13H8Cl4N2O. The normalized spacial score (nSPS) is 10.4. The molecule has 0 aliphatic rings. The number of carbonyl (C=O) groups is 1. The Labute approximate surface area is 135 Å². The van der Waals surface area contributed by atoms with Crippen LogP contribution in [0.5, 0.6) is 0 Å². The van der Waals surface area contributed by atoms with E-state index < -0.39 is 5.91 Å². The lowest BCUT2D eigenvalue weighted by molar-refractivity contribution is 0.102. The maximum atomic E-state index is 12.1. The number of hydrogen-bond donors (Lipinski definition) is 2. The molecule has 104 valence electrons. The van der Waals surface area contributed by atoms with Crippen LogP contribution in [0, 0.1) is 0 Å². The molecule has 2 rings (SSSR count). The van der Waals surface area contributed by atoms with Crippen LogP contribution >= 0.6 is 46.4 Å². The van der Waals surface area contributed by atoms with Gasteiger partial charge in [0.25, 0.3) is 5.91 Å². The van der Waals surface area contributed by atoms with Crippen molar-refractivity contribution in [1.82, 2.24) is 0 Å². The number of halogens is 4. The van der Waals surface area contributed by atoms with E-state index in [1.165, 1.54) is 24.3 Å². The number of nitrogens with two attached hydrogens (primary N) is 1. The Bertz CT molecular complexity index is 688. The summed E-state index contributed by atoms with van der Waals surface area (Å²) in [4.78, 5) is 12.1. The third kappa shape index (κ3) is 3.30. The van der Waals surface area contributed by atoms with Gasteiger partial charge in [0.05, 0.1) is 31.3 Å². The summed E-state index contributed by atoms with van der Waals surface area (Å²) in [5.41, 5.74) is 6.67. The first-order valence-corrected chi connectivity index (χ1v) is 6.90. The van der Waals surface area contributed by atoms with E-state index in [2.05, 4.69) is 5.32 Å². The van der Waals surface area contributed by atoms with Crippen molar-refractivity contribution in [2.45, 2.75) is 0 Å². The molecule has 7 heteroatoms. The molecule has 20 heavy (non-hydrogen) atoms. The van der Waals surface area contributed by atoms with Crippen molar-refractivity contribution in [2.75, 3.05) is 11.1 Å². The topological polar surface area (TPSA) is 55.1 Å². The lowest BCUT2D eigenvalue weighted by atomic mass is 10.2. The van der Waals surface area contributed by atoms with Crippen LogP contribution in [0.4, 0.5) is 11.4 Å². The van der Waals surface area contributed by atoms with Crippen LogP contribution < -0.4 is 11.1 Å². The number of rotatable bonds is 2. The first-order chi connectivity index (χ1) is 9.38. The third-order valence-electron chi connectivity index (χ3n) is 2.50. The molecule has 2 aromatic rings. The Morgan fingerprint density at radius 3 is 2.20 bits per heavy atom. The third-order valence-corrected chi connectivity index (χ3v) is 3.84. The second-order valence-corrected chi connectivity index (χ2v) is 5.57. The van der Waals surface area contributed by atoms with E-state index in [1.807, 2.05) is 0 Å². The van der Waals surface area contributed by atoms with Crippen molar-refractivity contribution >= 4 is 63.7 Å². The molecule has 0 heterocycles. The standard InChI is InChI=1S/C13H8Cl4N2O/c14-8-3-6(18)1-2-7(8)13(20)19-12-5-10(16)9(15)4-11(12)17/h1-5H,18H2,(H,19,20). The molecule has 0 aromatic heterocycles. The average Bonchev–Trinajstić information content (AvgIpc) is 2.35. The first kappa shape index (κ1) is 15.3. The molecule has 0 aliphatic carbocycles. The monoisotopic (exact) mass is 348 g/mol. The van der Waals surface area contributed by atoms with Crippen molar-refractivity contribution < 1.29 is 4.79 Å². The van der Waals surface area contributed by atoms with Crippen LogP contribution in [-0.2, 0) is 0 Å². The maximum Gasteiger partial charge on any atom is 0.257 e. The molecule has 0 radical (unpaired) electrons.